The Hall–Kier alpha value is -2.04. The Morgan fingerprint density at radius 2 is 2.07 bits per heavy atom. The summed E-state index contributed by atoms with van der Waals surface area (Å²) < 4.78 is 45.0. The van der Waals surface area contributed by atoms with Gasteiger partial charge in [-0.15, -0.1) is 0 Å². The number of pyridine rings is 1. The number of hydrogen-bond acceptors (Lipinski definition) is 6. The molecule has 1 aromatic rings. The van der Waals surface area contributed by atoms with Crippen LogP contribution in [0.3, 0.4) is 0 Å². The highest BCUT2D eigenvalue weighted by Gasteiger charge is 2.32. The van der Waals surface area contributed by atoms with Crippen LogP contribution in [0, 0.1) is 5.92 Å². The minimum atomic E-state index is -3.68. The molecule has 0 aromatic carbocycles. The van der Waals surface area contributed by atoms with Crippen LogP contribution in [0.2, 0.25) is 0 Å². The summed E-state index contributed by atoms with van der Waals surface area (Å²) in [5.41, 5.74) is 0.413. The number of amides is 1. The van der Waals surface area contributed by atoms with Crippen LogP contribution < -0.4 is 10.1 Å². The third kappa shape index (κ3) is 5.49. The minimum Gasteiger partial charge on any atom is -0.473 e. The number of sulfonamides is 1. The van der Waals surface area contributed by atoms with Gasteiger partial charge in [-0.25, -0.2) is 17.8 Å². The van der Waals surface area contributed by atoms with Gasteiger partial charge in [-0.2, -0.15) is 4.31 Å². The third-order valence-corrected chi connectivity index (χ3v) is 6.44. The zero-order valence-electron chi connectivity index (χ0n) is 16.4. The number of likely N-dealkylation sites (N-methyl/N-ethyl adjacent to an activating group) is 1. The van der Waals surface area contributed by atoms with Crippen molar-refractivity contribution in [1.29, 1.82) is 0 Å². The average molecular weight is 415 g/mol. The molecule has 28 heavy (non-hydrogen) atoms. The molecular weight excluding hydrogens is 387 g/mol. The second-order valence-electron chi connectivity index (χ2n) is 6.83. The maximum Gasteiger partial charge on any atom is 0.244 e. The van der Waals surface area contributed by atoms with Crippen molar-refractivity contribution >= 4 is 15.9 Å². The molecule has 1 N–H and O–H groups in total. The van der Waals surface area contributed by atoms with E-state index < -0.39 is 10.0 Å². The van der Waals surface area contributed by atoms with Crippen LogP contribution >= 0.6 is 0 Å². The Labute approximate surface area is 165 Å². The zero-order chi connectivity index (χ0) is 20.7. The molecule has 2 heterocycles. The number of aromatic nitrogens is 1. The van der Waals surface area contributed by atoms with Crippen LogP contribution in [-0.4, -0.2) is 75.9 Å². The van der Waals surface area contributed by atoms with Gasteiger partial charge in [-0.1, -0.05) is 0 Å². The summed E-state index contributed by atoms with van der Waals surface area (Å²) in [4.78, 5) is 17.7. The van der Waals surface area contributed by atoms with Crippen molar-refractivity contribution in [2.75, 3.05) is 47.4 Å². The molecule has 0 saturated carbocycles. The molecule has 0 unspecified atom stereocenters. The number of halogens is 1. The van der Waals surface area contributed by atoms with Crippen molar-refractivity contribution in [3.63, 3.8) is 0 Å². The van der Waals surface area contributed by atoms with Crippen LogP contribution in [0.4, 0.5) is 4.39 Å². The average Bonchev–Trinajstić information content (AvgIpc) is 2.70. The van der Waals surface area contributed by atoms with Gasteiger partial charge in [0.25, 0.3) is 0 Å². The van der Waals surface area contributed by atoms with E-state index in [0.29, 0.717) is 44.4 Å². The van der Waals surface area contributed by atoms with E-state index in [9.17, 15) is 17.6 Å². The molecule has 1 aliphatic heterocycles. The van der Waals surface area contributed by atoms with Gasteiger partial charge in [-0.3, -0.25) is 4.79 Å². The molecule has 1 aromatic heterocycles. The molecule has 8 nitrogen and oxygen atoms in total. The number of ether oxygens (including phenoxy) is 1. The van der Waals surface area contributed by atoms with Gasteiger partial charge >= 0.3 is 0 Å². The van der Waals surface area contributed by atoms with Gasteiger partial charge in [0.1, 0.15) is 11.5 Å². The second-order valence-corrected chi connectivity index (χ2v) is 8.77. The van der Waals surface area contributed by atoms with E-state index in [0.717, 1.165) is 0 Å². The minimum absolute atomic E-state index is 0.0177. The first kappa shape index (κ1) is 22.3. The molecular formula is C18H27FN4O4S. The summed E-state index contributed by atoms with van der Waals surface area (Å²) in [7, 11) is 1.41. The topological polar surface area (TPSA) is 91.8 Å². The smallest absolute Gasteiger partial charge is 0.244 e. The van der Waals surface area contributed by atoms with Crippen LogP contribution in [-0.2, 0) is 14.8 Å². The quantitative estimate of drug-likeness (QED) is 0.683. The normalized spacial score (nSPS) is 16.8. The second kappa shape index (κ2) is 9.94. The molecule has 0 aliphatic carbocycles. The first-order valence-corrected chi connectivity index (χ1v) is 10.5. The maximum absolute atomic E-state index is 12.8. The summed E-state index contributed by atoms with van der Waals surface area (Å²) in [6.07, 6.45) is 2.70. The molecule has 10 heteroatoms. The fraction of sp³-hybridized carbons (Fsp3) is 0.556. The predicted molar refractivity (Wildman–Crippen MR) is 103 cm³/mol. The summed E-state index contributed by atoms with van der Waals surface area (Å²) in [6, 6.07) is 2.87. The zero-order valence-corrected chi connectivity index (χ0v) is 17.2. The van der Waals surface area contributed by atoms with E-state index in [1.807, 2.05) is 0 Å². The highest BCUT2D eigenvalue weighted by Crippen LogP contribution is 2.25. The van der Waals surface area contributed by atoms with Gasteiger partial charge < -0.3 is 15.0 Å². The van der Waals surface area contributed by atoms with E-state index in [4.69, 9.17) is 4.74 Å². The first-order chi connectivity index (χ1) is 13.3. The molecule has 0 bridgehead atoms. The SMILES string of the molecule is CNC/C(=C/F)COc1ccc(S(=O)(=O)N2CCC(C(=O)N(C)C)CC2)cn1. The molecule has 2 rings (SSSR count). The number of carbonyl (C=O) groups is 1. The summed E-state index contributed by atoms with van der Waals surface area (Å²) in [5, 5.41) is 2.82. The molecule has 1 amide bonds. The highest BCUT2D eigenvalue weighted by molar-refractivity contribution is 7.89. The van der Waals surface area contributed by atoms with Gasteiger partial charge in [0.15, 0.2) is 0 Å². The van der Waals surface area contributed by atoms with Crippen molar-refractivity contribution in [2.45, 2.75) is 17.7 Å². The van der Waals surface area contributed by atoms with Crippen molar-refractivity contribution < 1.29 is 22.3 Å². The lowest BCUT2D eigenvalue weighted by molar-refractivity contribution is -0.134. The monoisotopic (exact) mass is 414 g/mol. The Kier molecular flexibility index (Phi) is 7.90. The van der Waals surface area contributed by atoms with Crippen LogP contribution in [0.1, 0.15) is 12.8 Å². The molecule has 1 saturated heterocycles. The first-order valence-electron chi connectivity index (χ1n) is 9.02. The van der Waals surface area contributed by atoms with E-state index in [1.54, 1.807) is 21.1 Å². The van der Waals surface area contributed by atoms with E-state index in [2.05, 4.69) is 10.3 Å². The van der Waals surface area contributed by atoms with Crippen molar-refractivity contribution in [1.82, 2.24) is 19.5 Å². The van der Waals surface area contributed by atoms with E-state index in [1.165, 1.54) is 27.5 Å². The number of carbonyl (C=O) groups excluding carboxylic acids is 1. The van der Waals surface area contributed by atoms with Crippen molar-refractivity contribution in [2.24, 2.45) is 5.92 Å². The van der Waals surface area contributed by atoms with E-state index >= 15 is 0 Å². The number of hydrogen-bond donors (Lipinski definition) is 1. The molecule has 0 spiro atoms. The lowest BCUT2D eigenvalue weighted by Crippen LogP contribution is -2.42. The Bertz CT molecular complexity index is 788. The van der Waals surface area contributed by atoms with Gasteiger partial charge in [0.05, 0.1) is 12.5 Å². The number of piperidine rings is 1. The summed E-state index contributed by atoms with van der Waals surface area (Å²) >= 11 is 0. The Morgan fingerprint density at radius 1 is 1.39 bits per heavy atom. The number of nitrogens with one attached hydrogen (secondary N) is 1. The van der Waals surface area contributed by atoms with Gasteiger partial charge in [-0.05, 0) is 26.0 Å². The highest BCUT2D eigenvalue weighted by atomic mass is 32.2. The molecule has 1 aliphatic rings. The standard InChI is InChI=1S/C18H27FN4O4S/c1-20-11-14(10-19)13-27-17-5-4-16(12-21-17)28(25,26)23-8-6-15(7-9-23)18(24)22(2)3/h4-5,10,12,15,20H,6-9,11,13H2,1-3H3/b14-10-. The van der Waals surface area contributed by atoms with Gasteiger partial charge in [0.2, 0.25) is 21.8 Å². The molecule has 0 atom stereocenters. The van der Waals surface area contributed by atoms with Crippen molar-refractivity contribution in [3.05, 3.63) is 30.2 Å². The largest absolute Gasteiger partial charge is 0.473 e. The fourth-order valence-electron chi connectivity index (χ4n) is 2.98. The fourth-order valence-corrected chi connectivity index (χ4v) is 4.39. The maximum atomic E-state index is 12.8. The lowest BCUT2D eigenvalue weighted by Gasteiger charge is -2.31. The Balaban J connectivity index is 1.98. The lowest BCUT2D eigenvalue weighted by atomic mass is 9.97. The number of rotatable bonds is 8. The third-order valence-electron chi connectivity index (χ3n) is 4.55. The van der Waals surface area contributed by atoms with Crippen LogP contribution in [0.15, 0.2) is 35.1 Å². The molecule has 0 radical (unpaired) electrons. The van der Waals surface area contributed by atoms with Crippen LogP contribution in [0.25, 0.3) is 0 Å². The summed E-state index contributed by atoms with van der Waals surface area (Å²) in [6.45, 7) is 0.943. The molecule has 1 fully saturated rings. The summed E-state index contributed by atoms with van der Waals surface area (Å²) in [5.74, 6) is 0.0931. The van der Waals surface area contributed by atoms with Crippen molar-refractivity contribution in [3.8, 4) is 5.88 Å². The predicted octanol–water partition coefficient (Wildman–Crippen LogP) is 1.02. The Morgan fingerprint density at radius 3 is 2.57 bits per heavy atom. The number of nitrogens with zero attached hydrogens (tertiary/aromatic N) is 3. The van der Waals surface area contributed by atoms with Crippen LogP contribution in [0.5, 0.6) is 5.88 Å². The van der Waals surface area contributed by atoms with E-state index in [-0.39, 0.29) is 29.2 Å². The van der Waals surface area contributed by atoms with Gasteiger partial charge in [0, 0.05) is 51.3 Å². The molecule has 156 valence electrons.